The standard InChI is InChI=1S/C10H9F2N5O3/c11-5-2-1-4(3-6(5)12)17(10(18)19)9(15)7(13)8(14)16-20/h1-3,13,15,20H,(H2,14,16)(H,18,19). The fourth-order valence-electron chi connectivity index (χ4n) is 1.24. The van der Waals surface area contributed by atoms with Gasteiger partial charge in [-0.3, -0.25) is 10.8 Å². The van der Waals surface area contributed by atoms with E-state index in [-0.39, 0.29) is 4.90 Å². The van der Waals surface area contributed by atoms with E-state index in [4.69, 9.17) is 26.9 Å². The van der Waals surface area contributed by atoms with Gasteiger partial charge in [0.2, 0.25) is 0 Å². The van der Waals surface area contributed by atoms with Gasteiger partial charge in [-0.05, 0) is 12.1 Å². The van der Waals surface area contributed by atoms with Crippen molar-refractivity contribution in [3.63, 3.8) is 0 Å². The van der Waals surface area contributed by atoms with Crippen molar-refractivity contribution in [1.82, 2.24) is 0 Å². The maximum absolute atomic E-state index is 13.1. The quantitative estimate of drug-likeness (QED) is 0.245. The van der Waals surface area contributed by atoms with Crippen LogP contribution in [-0.4, -0.2) is 33.8 Å². The summed E-state index contributed by atoms with van der Waals surface area (Å²) in [5.41, 5.74) is 3.76. The van der Waals surface area contributed by atoms with Crippen LogP contribution in [0.15, 0.2) is 23.4 Å². The van der Waals surface area contributed by atoms with Crippen LogP contribution in [0.5, 0.6) is 0 Å². The van der Waals surface area contributed by atoms with Gasteiger partial charge in [-0.25, -0.2) is 18.5 Å². The predicted molar refractivity (Wildman–Crippen MR) is 65.7 cm³/mol. The Balaban J connectivity index is 3.25. The van der Waals surface area contributed by atoms with Crippen LogP contribution in [0.2, 0.25) is 0 Å². The number of nitrogens with two attached hydrogens (primary N) is 1. The zero-order chi connectivity index (χ0) is 15.4. The number of amides is 1. The van der Waals surface area contributed by atoms with Gasteiger partial charge < -0.3 is 16.0 Å². The number of amidine groups is 2. The lowest BCUT2D eigenvalue weighted by atomic mass is 10.2. The summed E-state index contributed by atoms with van der Waals surface area (Å²) in [5.74, 6) is -4.31. The molecule has 0 spiro atoms. The van der Waals surface area contributed by atoms with E-state index >= 15 is 0 Å². The molecule has 106 valence electrons. The van der Waals surface area contributed by atoms with Crippen molar-refractivity contribution in [1.29, 1.82) is 10.8 Å². The molecule has 8 nitrogen and oxygen atoms in total. The lowest BCUT2D eigenvalue weighted by Crippen LogP contribution is -2.44. The Morgan fingerprint density at radius 3 is 2.35 bits per heavy atom. The Morgan fingerprint density at radius 1 is 1.30 bits per heavy atom. The number of nitrogens with one attached hydrogen (secondary N) is 2. The van der Waals surface area contributed by atoms with E-state index in [1.165, 1.54) is 0 Å². The Morgan fingerprint density at radius 2 is 1.90 bits per heavy atom. The first-order chi connectivity index (χ1) is 9.29. The first-order valence-corrected chi connectivity index (χ1v) is 4.93. The summed E-state index contributed by atoms with van der Waals surface area (Å²) in [7, 11) is 0. The van der Waals surface area contributed by atoms with Crippen LogP contribution in [-0.2, 0) is 0 Å². The van der Waals surface area contributed by atoms with E-state index in [1.807, 2.05) is 0 Å². The van der Waals surface area contributed by atoms with E-state index in [0.29, 0.717) is 12.1 Å². The van der Waals surface area contributed by atoms with E-state index in [9.17, 15) is 13.6 Å². The minimum Gasteiger partial charge on any atom is -0.464 e. The zero-order valence-electron chi connectivity index (χ0n) is 9.76. The lowest BCUT2D eigenvalue weighted by Gasteiger charge is -2.19. The van der Waals surface area contributed by atoms with Crippen molar-refractivity contribution in [3.05, 3.63) is 29.8 Å². The molecular formula is C10H9F2N5O3. The van der Waals surface area contributed by atoms with Gasteiger partial charge >= 0.3 is 6.09 Å². The van der Waals surface area contributed by atoms with Gasteiger partial charge in [0.25, 0.3) is 0 Å². The van der Waals surface area contributed by atoms with Gasteiger partial charge in [-0.15, -0.1) is 0 Å². The summed E-state index contributed by atoms with van der Waals surface area (Å²) in [4.78, 5) is 11.3. The summed E-state index contributed by atoms with van der Waals surface area (Å²) in [5, 5.41) is 34.7. The number of benzene rings is 1. The molecule has 0 fully saturated rings. The molecule has 0 bridgehead atoms. The van der Waals surface area contributed by atoms with Crippen molar-refractivity contribution < 1.29 is 23.9 Å². The molecule has 0 aliphatic rings. The highest BCUT2D eigenvalue weighted by molar-refractivity contribution is 6.69. The highest BCUT2D eigenvalue weighted by Gasteiger charge is 2.25. The highest BCUT2D eigenvalue weighted by Crippen LogP contribution is 2.18. The first-order valence-electron chi connectivity index (χ1n) is 4.93. The molecule has 0 aromatic heterocycles. The van der Waals surface area contributed by atoms with Crippen LogP contribution in [0.4, 0.5) is 19.3 Å². The number of nitrogens with zero attached hydrogens (tertiary/aromatic N) is 2. The van der Waals surface area contributed by atoms with Crippen LogP contribution in [0.1, 0.15) is 0 Å². The molecule has 1 rings (SSSR count). The Kier molecular flexibility index (Phi) is 4.31. The number of carboxylic acid groups (broad SMARTS) is 1. The largest absolute Gasteiger partial charge is 0.464 e. The molecule has 0 atom stereocenters. The maximum atomic E-state index is 13.1. The summed E-state index contributed by atoms with van der Waals surface area (Å²) < 4.78 is 25.9. The van der Waals surface area contributed by atoms with E-state index in [2.05, 4.69) is 5.16 Å². The van der Waals surface area contributed by atoms with Crippen molar-refractivity contribution in [3.8, 4) is 0 Å². The summed E-state index contributed by atoms with van der Waals surface area (Å²) in [6, 6.07) is 2.11. The fourth-order valence-corrected chi connectivity index (χ4v) is 1.24. The van der Waals surface area contributed by atoms with Gasteiger partial charge in [0.15, 0.2) is 23.3 Å². The third-order valence-electron chi connectivity index (χ3n) is 2.18. The molecule has 0 unspecified atom stereocenters. The van der Waals surface area contributed by atoms with Gasteiger partial charge in [-0.1, -0.05) is 5.16 Å². The average Bonchev–Trinajstić information content (AvgIpc) is 2.40. The number of halogens is 2. The lowest BCUT2D eigenvalue weighted by molar-refractivity contribution is 0.205. The normalized spacial score (nSPS) is 11.0. The number of hydrogen-bond acceptors (Lipinski definition) is 5. The summed E-state index contributed by atoms with van der Waals surface area (Å²) >= 11 is 0. The molecule has 6 N–H and O–H groups in total. The number of hydrogen-bond donors (Lipinski definition) is 5. The van der Waals surface area contributed by atoms with Crippen LogP contribution >= 0.6 is 0 Å². The molecule has 0 heterocycles. The van der Waals surface area contributed by atoms with Crippen LogP contribution in [0.25, 0.3) is 0 Å². The van der Waals surface area contributed by atoms with Crippen molar-refractivity contribution in [2.45, 2.75) is 0 Å². The first kappa shape index (κ1) is 15.0. The van der Waals surface area contributed by atoms with Gasteiger partial charge in [-0.2, -0.15) is 0 Å². The van der Waals surface area contributed by atoms with Gasteiger partial charge in [0, 0.05) is 6.07 Å². The third-order valence-corrected chi connectivity index (χ3v) is 2.18. The van der Waals surface area contributed by atoms with Gasteiger partial charge in [0.1, 0.15) is 5.71 Å². The Bertz CT molecular complexity index is 617. The summed E-state index contributed by atoms with van der Waals surface area (Å²) in [6.45, 7) is 0. The van der Waals surface area contributed by atoms with Gasteiger partial charge in [0.05, 0.1) is 5.69 Å². The number of carbonyl (C=O) groups is 1. The molecule has 1 aromatic carbocycles. The molecule has 20 heavy (non-hydrogen) atoms. The molecule has 0 aliphatic heterocycles. The molecule has 1 aromatic rings. The molecule has 0 radical (unpaired) electrons. The average molecular weight is 285 g/mol. The van der Waals surface area contributed by atoms with E-state index in [1.54, 1.807) is 0 Å². The minimum absolute atomic E-state index is 0.183. The maximum Gasteiger partial charge on any atom is 0.417 e. The van der Waals surface area contributed by atoms with Crippen molar-refractivity contribution in [2.24, 2.45) is 10.9 Å². The van der Waals surface area contributed by atoms with E-state index < -0.39 is 40.8 Å². The monoisotopic (exact) mass is 285 g/mol. The third kappa shape index (κ3) is 2.85. The smallest absolute Gasteiger partial charge is 0.417 e. The van der Waals surface area contributed by atoms with Crippen molar-refractivity contribution in [2.75, 3.05) is 4.90 Å². The zero-order valence-corrected chi connectivity index (χ0v) is 9.76. The van der Waals surface area contributed by atoms with Crippen molar-refractivity contribution >= 4 is 29.2 Å². The topological polar surface area (TPSA) is 147 Å². The molecule has 0 saturated carbocycles. The second-order valence-corrected chi connectivity index (χ2v) is 3.43. The molecule has 0 aliphatic carbocycles. The minimum atomic E-state index is -1.73. The SMILES string of the molecule is N=C(C(=N)N(C(=O)O)c1ccc(F)c(F)c1)/C(N)=N\O. The van der Waals surface area contributed by atoms with Crippen LogP contribution in [0.3, 0.4) is 0 Å². The second-order valence-electron chi connectivity index (χ2n) is 3.43. The van der Waals surface area contributed by atoms with Crippen LogP contribution < -0.4 is 10.6 Å². The summed E-state index contributed by atoms with van der Waals surface area (Å²) in [6.07, 6.45) is -1.73. The van der Waals surface area contributed by atoms with E-state index in [0.717, 1.165) is 6.07 Å². The predicted octanol–water partition coefficient (Wildman–Crippen LogP) is 1.19. The molecular weight excluding hydrogens is 276 g/mol. The number of anilines is 1. The molecule has 10 heteroatoms. The van der Waals surface area contributed by atoms with Crippen LogP contribution in [0, 0.1) is 22.5 Å². The number of rotatable bonds is 3. The Labute approximate surface area is 110 Å². The highest BCUT2D eigenvalue weighted by atomic mass is 19.2. The number of oxime groups is 1. The molecule has 0 saturated heterocycles. The second kappa shape index (κ2) is 5.73. The fraction of sp³-hybridized carbons (Fsp3) is 0. The molecule has 1 amide bonds. The Hall–Kier alpha value is -3.04.